The second-order valence-electron chi connectivity index (χ2n) is 5.18. The van der Waals surface area contributed by atoms with Crippen LogP contribution in [0.2, 0.25) is 5.02 Å². The number of hydrogen-bond acceptors (Lipinski definition) is 4. The molecule has 1 amide bonds. The second-order valence-corrected chi connectivity index (χ2v) is 5.59. The summed E-state index contributed by atoms with van der Waals surface area (Å²) in [5.74, 6) is -0.489. The molecule has 1 unspecified atom stereocenters. The van der Waals surface area contributed by atoms with Crippen LogP contribution in [0, 0.1) is 5.92 Å². The van der Waals surface area contributed by atoms with Crippen molar-refractivity contribution < 1.29 is 24.2 Å². The topological polar surface area (TPSA) is 76.1 Å². The lowest BCUT2D eigenvalue weighted by Gasteiger charge is -2.12. The Hall–Kier alpha value is -2.21. The van der Waals surface area contributed by atoms with Crippen LogP contribution in [0.25, 0.3) is 6.08 Å². The zero-order valence-corrected chi connectivity index (χ0v) is 12.4. The number of likely N-dealkylation sites (tertiary alicyclic amines) is 1. The lowest BCUT2D eigenvalue weighted by Crippen LogP contribution is -2.28. The van der Waals surface area contributed by atoms with E-state index in [9.17, 15) is 9.59 Å². The van der Waals surface area contributed by atoms with Crippen molar-refractivity contribution in [2.75, 3.05) is 19.9 Å². The van der Waals surface area contributed by atoms with E-state index in [4.69, 9.17) is 26.2 Å². The zero-order chi connectivity index (χ0) is 15.7. The molecule has 2 heterocycles. The van der Waals surface area contributed by atoms with Crippen LogP contribution in [-0.2, 0) is 9.59 Å². The van der Waals surface area contributed by atoms with Crippen LogP contribution >= 0.6 is 11.6 Å². The molecule has 0 radical (unpaired) electrons. The first-order valence-electron chi connectivity index (χ1n) is 6.83. The average molecular weight is 324 g/mol. The van der Waals surface area contributed by atoms with E-state index in [1.165, 1.54) is 11.0 Å². The molecule has 3 rings (SSSR count). The molecule has 0 aromatic heterocycles. The third-order valence-corrected chi connectivity index (χ3v) is 4.00. The van der Waals surface area contributed by atoms with Gasteiger partial charge in [-0.1, -0.05) is 11.6 Å². The Morgan fingerprint density at radius 1 is 1.36 bits per heavy atom. The van der Waals surface area contributed by atoms with Gasteiger partial charge >= 0.3 is 5.97 Å². The number of benzene rings is 1. The summed E-state index contributed by atoms with van der Waals surface area (Å²) < 4.78 is 10.5. The Morgan fingerprint density at radius 3 is 2.91 bits per heavy atom. The number of aliphatic carboxylic acids is 1. The molecule has 116 valence electrons. The first-order chi connectivity index (χ1) is 10.5. The van der Waals surface area contributed by atoms with E-state index in [-0.39, 0.29) is 19.2 Å². The monoisotopic (exact) mass is 323 g/mol. The highest BCUT2D eigenvalue weighted by Gasteiger charge is 2.29. The van der Waals surface area contributed by atoms with E-state index < -0.39 is 11.9 Å². The molecule has 0 saturated carbocycles. The van der Waals surface area contributed by atoms with Crippen molar-refractivity contribution in [1.82, 2.24) is 4.90 Å². The van der Waals surface area contributed by atoms with Crippen LogP contribution in [0.4, 0.5) is 0 Å². The second kappa shape index (κ2) is 5.88. The number of carboxylic acid groups (broad SMARTS) is 1. The number of amides is 1. The number of carbonyl (C=O) groups excluding carboxylic acids is 1. The van der Waals surface area contributed by atoms with Gasteiger partial charge in [0.15, 0.2) is 11.5 Å². The fourth-order valence-corrected chi connectivity index (χ4v) is 2.79. The maximum Gasteiger partial charge on any atom is 0.308 e. The number of nitrogens with zero attached hydrogens (tertiary/aromatic N) is 1. The highest BCUT2D eigenvalue weighted by molar-refractivity contribution is 6.32. The molecule has 1 atom stereocenters. The van der Waals surface area contributed by atoms with Gasteiger partial charge in [-0.2, -0.15) is 0 Å². The Morgan fingerprint density at radius 2 is 2.18 bits per heavy atom. The van der Waals surface area contributed by atoms with Gasteiger partial charge in [-0.25, -0.2) is 0 Å². The van der Waals surface area contributed by atoms with Crippen LogP contribution in [0.1, 0.15) is 12.0 Å². The number of carboxylic acids is 1. The van der Waals surface area contributed by atoms with Gasteiger partial charge in [-0.05, 0) is 30.2 Å². The standard InChI is InChI=1S/C15H14ClNO5/c16-11-5-9(6-12-14(11)22-8-21-12)1-2-13(18)17-4-3-10(7-17)15(19)20/h1-2,5-6,10H,3-4,7-8H2,(H,19,20). The van der Waals surface area contributed by atoms with Crippen LogP contribution in [-0.4, -0.2) is 41.8 Å². The minimum Gasteiger partial charge on any atom is -0.481 e. The summed E-state index contributed by atoms with van der Waals surface area (Å²) in [4.78, 5) is 24.5. The Kier molecular flexibility index (Phi) is 3.94. The van der Waals surface area contributed by atoms with E-state index in [1.54, 1.807) is 18.2 Å². The number of rotatable bonds is 3. The minimum absolute atomic E-state index is 0.130. The van der Waals surface area contributed by atoms with Gasteiger partial charge in [0.05, 0.1) is 10.9 Å². The van der Waals surface area contributed by atoms with Crippen molar-refractivity contribution in [3.63, 3.8) is 0 Å². The molecule has 0 spiro atoms. The highest BCUT2D eigenvalue weighted by Crippen LogP contribution is 2.40. The molecular formula is C15H14ClNO5. The van der Waals surface area contributed by atoms with Gasteiger partial charge in [-0.15, -0.1) is 0 Å². The lowest BCUT2D eigenvalue weighted by atomic mass is 10.1. The van der Waals surface area contributed by atoms with E-state index in [0.29, 0.717) is 29.5 Å². The third kappa shape index (κ3) is 2.87. The predicted octanol–water partition coefficient (Wildman–Crippen LogP) is 2.01. The summed E-state index contributed by atoms with van der Waals surface area (Å²) in [6.07, 6.45) is 3.53. The number of hydrogen-bond donors (Lipinski definition) is 1. The Balaban J connectivity index is 1.68. The van der Waals surface area contributed by atoms with Crippen molar-refractivity contribution in [2.24, 2.45) is 5.92 Å². The molecule has 6 nitrogen and oxygen atoms in total. The fraction of sp³-hybridized carbons (Fsp3) is 0.333. The van der Waals surface area contributed by atoms with Crippen LogP contribution in [0.3, 0.4) is 0 Å². The Labute approximate surface area is 131 Å². The summed E-state index contributed by atoms with van der Waals surface area (Å²) in [7, 11) is 0. The molecule has 2 aliphatic rings. The average Bonchev–Trinajstić information content (AvgIpc) is 3.13. The molecule has 7 heteroatoms. The smallest absolute Gasteiger partial charge is 0.308 e. The van der Waals surface area contributed by atoms with Crippen molar-refractivity contribution in [3.8, 4) is 11.5 Å². The summed E-state index contributed by atoms with van der Waals surface area (Å²) in [6.45, 7) is 0.841. The van der Waals surface area contributed by atoms with Gasteiger partial charge in [0.25, 0.3) is 0 Å². The van der Waals surface area contributed by atoms with Crippen LogP contribution in [0.15, 0.2) is 18.2 Å². The maximum absolute atomic E-state index is 12.1. The van der Waals surface area contributed by atoms with Crippen molar-refractivity contribution in [3.05, 3.63) is 28.8 Å². The fourth-order valence-electron chi connectivity index (χ4n) is 2.52. The first-order valence-corrected chi connectivity index (χ1v) is 7.21. The van der Waals surface area contributed by atoms with E-state index in [0.717, 1.165) is 5.56 Å². The molecule has 1 aromatic carbocycles. The molecule has 0 aliphatic carbocycles. The molecular weight excluding hydrogens is 310 g/mol. The number of carbonyl (C=O) groups is 2. The lowest BCUT2D eigenvalue weighted by molar-refractivity contribution is -0.141. The van der Waals surface area contributed by atoms with Gasteiger partial charge in [0, 0.05) is 19.2 Å². The summed E-state index contributed by atoms with van der Waals surface area (Å²) in [6, 6.07) is 3.42. The van der Waals surface area contributed by atoms with Gasteiger partial charge < -0.3 is 19.5 Å². The van der Waals surface area contributed by atoms with Gasteiger partial charge in [-0.3, -0.25) is 9.59 Å². The third-order valence-electron chi connectivity index (χ3n) is 3.72. The van der Waals surface area contributed by atoms with Gasteiger partial charge in [0.2, 0.25) is 12.7 Å². The normalized spacial score (nSPS) is 19.9. The quantitative estimate of drug-likeness (QED) is 0.861. The molecule has 2 aliphatic heterocycles. The predicted molar refractivity (Wildman–Crippen MR) is 78.9 cm³/mol. The summed E-state index contributed by atoms with van der Waals surface area (Å²) in [5, 5.41) is 9.37. The SMILES string of the molecule is O=C(O)C1CCN(C(=O)C=Cc2cc(Cl)c3c(c2)OCO3)C1. The van der Waals surface area contributed by atoms with Crippen LogP contribution < -0.4 is 9.47 Å². The zero-order valence-electron chi connectivity index (χ0n) is 11.6. The number of fused-ring (bicyclic) bond motifs is 1. The molecule has 1 saturated heterocycles. The highest BCUT2D eigenvalue weighted by atomic mass is 35.5. The van der Waals surface area contributed by atoms with E-state index >= 15 is 0 Å². The Bertz CT molecular complexity index is 658. The van der Waals surface area contributed by atoms with E-state index in [2.05, 4.69) is 0 Å². The molecule has 1 aromatic rings. The number of halogens is 1. The van der Waals surface area contributed by atoms with E-state index in [1.807, 2.05) is 0 Å². The number of ether oxygens (including phenoxy) is 2. The molecule has 0 bridgehead atoms. The van der Waals surface area contributed by atoms with Crippen molar-refractivity contribution in [1.29, 1.82) is 0 Å². The molecule has 22 heavy (non-hydrogen) atoms. The van der Waals surface area contributed by atoms with Crippen molar-refractivity contribution >= 4 is 29.6 Å². The van der Waals surface area contributed by atoms with Crippen LogP contribution in [0.5, 0.6) is 11.5 Å². The molecule has 1 N–H and O–H groups in total. The molecule has 1 fully saturated rings. The minimum atomic E-state index is -0.859. The van der Waals surface area contributed by atoms with Crippen molar-refractivity contribution in [2.45, 2.75) is 6.42 Å². The maximum atomic E-state index is 12.1. The largest absolute Gasteiger partial charge is 0.481 e. The van der Waals surface area contributed by atoms with Gasteiger partial charge in [0.1, 0.15) is 0 Å². The summed E-state index contributed by atoms with van der Waals surface area (Å²) >= 11 is 6.07. The summed E-state index contributed by atoms with van der Waals surface area (Å²) in [5.41, 5.74) is 0.719. The first kappa shape index (κ1) is 14.7.